The van der Waals surface area contributed by atoms with Gasteiger partial charge >= 0.3 is 6.18 Å². The number of anilines is 3. The Balaban J connectivity index is 2.16. The number of halogens is 3. The van der Waals surface area contributed by atoms with Crippen LogP contribution in [0.5, 0.6) is 0 Å². The predicted octanol–water partition coefficient (Wildman–Crippen LogP) is 4.15. The summed E-state index contributed by atoms with van der Waals surface area (Å²) in [6, 6.07) is 6.46. The zero-order valence-corrected chi connectivity index (χ0v) is 11.9. The standard InChI is InChI=1S/C15H15F3N4/c1-3-8-19-14-20-10(2)9-13(22-14)21-12-6-4-11(5-7-12)15(16,17)18/h3-7,9H,1,8H2,2H3,(H2,19,20,21,22). The summed E-state index contributed by atoms with van der Waals surface area (Å²) in [5.74, 6) is 0.924. The molecule has 0 amide bonds. The molecule has 1 aromatic heterocycles. The number of nitrogens with one attached hydrogen (secondary N) is 2. The van der Waals surface area contributed by atoms with Crippen LogP contribution in [-0.2, 0) is 6.18 Å². The van der Waals surface area contributed by atoms with Crippen LogP contribution < -0.4 is 10.6 Å². The van der Waals surface area contributed by atoms with Crippen LogP contribution in [0.3, 0.4) is 0 Å². The average Bonchev–Trinajstić information content (AvgIpc) is 2.44. The minimum atomic E-state index is -4.34. The lowest BCUT2D eigenvalue weighted by molar-refractivity contribution is -0.137. The van der Waals surface area contributed by atoms with Crippen molar-refractivity contribution in [1.82, 2.24) is 9.97 Å². The Kier molecular flexibility index (Phi) is 4.65. The second kappa shape index (κ2) is 6.46. The summed E-state index contributed by atoms with van der Waals surface area (Å²) in [6.45, 7) is 5.91. The number of alkyl halides is 3. The van der Waals surface area contributed by atoms with Gasteiger partial charge in [0.2, 0.25) is 5.95 Å². The third kappa shape index (κ3) is 4.21. The first-order valence-corrected chi connectivity index (χ1v) is 6.53. The smallest absolute Gasteiger partial charge is 0.351 e. The van der Waals surface area contributed by atoms with Crippen molar-refractivity contribution in [3.8, 4) is 0 Å². The molecule has 4 nitrogen and oxygen atoms in total. The van der Waals surface area contributed by atoms with Gasteiger partial charge in [-0.3, -0.25) is 0 Å². The molecule has 0 spiro atoms. The summed E-state index contributed by atoms with van der Waals surface area (Å²) >= 11 is 0. The molecule has 0 saturated carbocycles. The summed E-state index contributed by atoms with van der Waals surface area (Å²) in [5.41, 5.74) is 0.557. The zero-order chi connectivity index (χ0) is 16.2. The third-order valence-corrected chi connectivity index (χ3v) is 2.74. The Morgan fingerprint density at radius 2 is 1.86 bits per heavy atom. The predicted molar refractivity (Wildman–Crippen MR) is 80.2 cm³/mol. The van der Waals surface area contributed by atoms with Gasteiger partial charge in [0.05, 0.1) is 5.56 Å². The van der Waals surface area contributed by atoms with Gasteiger partial charge < -0.3 is 10.6 Å². The highest BCUT2D eigenvalue weighted by atomic mass is 19.4. The molecule has 1 aromatic carbocycles. The maximum absolute atomic E-state index is 12.5. The van der Waals surface area contributed by atoms with Crippen molar-refractivity contribution in [3.05, 3.63) is 54.2 Å². The average molecular weight is 308 g/mol. The fourth-order valence-electron chi connectivity index (χ4n) is 1.77. The van der Waals surface area contributed by atoms with Crippen LogP contribution in [0.2, 0.25) is 0 Å². The van der Waals surface area contributed by atoms with Gasteiger partial charge in [-0.05, 0) is 31.2 Å². The van der Waals surface area contributed by atoms with E-state index in [1.54, 1.807) is 19.1 Å². The van der Waals surface area contributed by atoms with Crippen LogP contribution in [0.1, 0.15) is 11.3 Å². The summed E-state index contributed by atoms with van der Waals surface area (Å²) in [5, 5.41) is 5.92. The number of aromatic nitrogens is 2. The molecule has 0 unspecified atom stereocenters. The van der Waals surface area contributed by atoms with Gasteiger partial charge in [-0.25, -0.2) is 4.98 Å². The Morgan fingerprint density at radius 3 is 2.45 bits per heavy atom. The molecule has 0 aliphatic heterocycles. The monoisotopic (exact) mass is 308 g/mol. The van der Waals surface area contributed by atoms with Crippen molar-refractivity contribution in [2.45, 2.75) is 13.1 Å². The van der Waals surface area contributed by atoms with E-state index >= 15 is 0 Å². The summed E-state index contributed by atoms with van der Waals surface area (Å²) in [7, 11) is 0. The van der Waals surface area contributed by atoms with E-state index in [1.165, 1.54) is 12.1 Å². The zero-order valence-electron chi connectivity index (χ0n) is 11.9. The van der Waals surface area contributed by atoms with Crippen molar-refractivity contribution < 1.29 is 13.2 Å². The fraction of sp³-hybridized carbons (Fsp3) is 0.200. The van der Waals surface area contributed by atoms with E-state index in [4.69, 9.17) is 0 Å². The van der Waals surface area contributed by atoms with Gasteiger partial charge in [0.15, 0.2) is 0 Å². The lowest BCUT2D eigenvalue weighted by atomic mass is 10.2. The Bertz CT molecular complexity index is 651. The number of nitrogens with zero attached hydrogens (tertiary/aromatic N) is 2. The molecule has 116 valence electrons. The Morgan fingerprint density at radius 1 is 1.18 bits per heavy atom. The molecule has 22 heavy (non-hydrogen) atoms. The van der Waals surface area contributed by atoms with E-state index in [9.17, 15) is 13.2 Å². The Hall–Kier alpha value is -2.57. The van der Waals surface area contributed by atoms with E-state index in [-0.39, 0.29) is 0 Å². The molecule has 0 aliphatic carbocycles. The first-order chi connectivity index (χ1) is 10.4. The quantitative estimate of drug-likeness (QED) is 0.815. The lowest BCUT2D eigenvalue weighted by Gasteiger charge is -2.10. The molecule has 0 fully saturated rings. The van der Waals surface area contributed by atoms with E-state index < -0.39 is 11.7 Å². The first kappa shape index (κ1) is 15.8. The van der Waals surface area contributed by atoms with E-state index in [2.05, 4.69) is 27.2 Å². The molecular weight excluding hydrogens is 293 g/mol. The van der Waals surface area contributed by atoms with Crippen molar-refractivity contribution in [2.24, 2.45) is 0 Å². The highest BCUT2D eigenvalue weighted by Gasteiger charge is 2.29. The molecule has 2 N–H and O–H groups in total. The van der Waals surface area contributed by atoms with Gasteiger partial charge in [0.1, 0.15) is 5.82 Å². The minimum absolute atomic E-state index is 0.425. The lowest BCUT2D eigenvalue weighted by Crippen LogP contribution is -2.06. The van der Waals surface area contributed by atoms with Gasteiger partial charge in [0, 0.05) is 24.0 Å². The molecule has 0 bridgehead atoms. The maximum Gasteiger partial charge on any atom is 0.416 e. The van der Waals surface area contributed by atoms with Gasteiger partial charge in [0.25, 0.3) is 0 Å². The first-order valence-electron chi connectivity index (χ1n) is 6.53. The van der Waals surface area contributed by atoms with Crippen molar-refractivity contribution in [3.63, 3.8) is 0 Å². The van der Waals surface area contributed by atoms with Crippen molar-refractivity contribution >= 4 is 17.5 Å². The maximum atomic E-state index is 12.5. The molecule has 0 aliphatic rings. The molecule has 0 saturated heterocycles. The largest absolute Gasteiger partial charge is 0.416 e. The van der Waals surface area contributed by atoms with Gasteiger partial charge in [-0.15, -0.1) is 6.58 Å². The molecule has 0 atom stereocenters. The normalized spacial score (nSPS) is 11.1. The molecule has 2 rings (SSSR count). The Labute approximate surface area is 126 Å². The SMILES string of the molecule is C=CCNc1nc(C)cc(Nc2ccc(C(F)(F)F)cc2)n1. The molecular formula is C15H15F3N4. The summed E-state index contributed by atoms with van der Waals surface area (Å²) < 4.78 is 37.5. The van der Waals surface area contributed by atoms with E-state index in [1.807, 2.05) is 0 Å². The van der Waals surface area contributed by atoms with Gasteiger partial charge in [-0.1, -0.05) is 6.08 Å². The van der Waals surface area contributed by atoms with Crippen LogP contribution in [0, 0.1) is 6.92 Å². The third-order valence-electron chi connectivity index (χ3n) is 2.74. The molecule has 0 radical (unpaired) electrons. The van der Waals surface area contributed by atoms with Crippen molar-refractivity contribution in [1.29, 1.82) is 0 Å². The minimum Gasteiger partial charge on any atom is -0.351 e. The highest BCUT2D eigenvalue weighted by molar-refractivity contribution is 5.58. The highest BCUT2D eigenvalue weighted by Crippen LogP contribution is 2.30. The number of aryl methyl sites for hydroxylation is 1. The molecule has 1 heterocycles. The van der Waals surface area contributed by atoms with Crippen LogP contribution in [0.4, 0.5) is 30.6 Å². The van der Waals surface area contributed by atoms with Crippen LogP contribution in [0.15, 0.2) is 43.0 Å². The van der Waals surface area contributed by atoms with E-state index in [0.29, 0.717) is 24.0 Å². The van der Waals surface area contributed by atoms with Crippen LogP contribution >= 0.6 is 0 Å². The second-order valence-electron chi connectivity index (χ2n) is 4.59. The molecule has 2 aromatic rings. The number of benzene rings is 1. The number of hydrogen-bond acceptors (Lipinski definition) is 4. The second-order valence-corrected chi connectivity index (χ2v) is 4.59. The number of hydrogen-bond donors (Lipinski definition) is 2. The number of rotatable bonds is 5. The fourth-order valence-corrected chi connectivity index (χ4v) is 1.77. The summed E-state index contributed by atoms with van der Waals surface area (Å²) in [6.07, 6.45) is -2.67. The van der Waals surface area contributed by atoms with E-state index in [0.717, 1.165) is 17.8 Å². The van der Waals surface area contributed by atoms with Crippen molar-refractivity contribution in [2.75, 3.05) is 17.2 Å². The molecule has 7 heteroatoms. The van der Waals surface area contributed by atoms with Crippen LogP contribution in [0.25, 0.3) is 0 Å². The van der Waals surface area contributed by atoms with Gasteiger partial charge in [-0.2, -0.15) is 18.2 Å². The van der Waals surface area contributed by atoms with Crippen LogP contribution in [-0.4, -0.2) is 16.5 Å². The topological polar surface area (TPSA) is 49.8 Å². The summed E-state index contributed by atoms with van der Waals surface area (Å²) in [4.78, 5) is 8.43.